The first-order valence-electron chi connectivity index (χ1n) is 1.19. The highest BCUT2D eigenvalue weighted by Crippen LogP contribution is 1.75. The van der Waals surface area contributed by atoms with E-state index in [2.05, 4.69) is 0 Å². The molecule has 0 saturated heterocycles. The van der Waals surface area contributed by atoms with Crippen molar-refractivity contribution in [3.8, 4) is 0 Å². The van der Waals surface area contributed by atoms with E-state index in [1.165, 1.54) is 4.72 Å². The average Bonchev–Trinajstić information content (AvgIpc) is 1.35. The van der Waals surface area contributed by atoms with Gasteiger partial charge in [0.25, 0.3) is 0 Å². The first-order valence-corrected chi connectivity index (χ1v) is 2.58. The number of rotatable bonds is 1. The third-order valence-electron chi connectivity index (χ3n) is 0.244. The van der Waals surface area contributed by atoms with Gasteiger partial charge in [0.1, 0.15) is 0 Å². The van der Waals surface area contributed by atoms with Crippen molar-refractivity contribution in [2.75, 3.05) is 7.05 Å². The summed E-state index contributed by atoms with van der Waals surface area (Å²) in [6.45, 7) is 0. The normalized spacial score (nSPS) is 11.7. The minimum Gasteiger partial charge on any atom is -0.191 e. The van der Waals surface area contributed by atoms with Gasteiger partial charge < -0.3 is 0 Å². The van der Waals surface area contributed by atoms with E-state index < -0.39 is 10.4 Å². The number of hydrogen-bond donors (Lipinski definition) is 1. The molecule has 0 fully saturated rings. The first kappa shape index (κ1) is 5.84. The maximum absolute atomic E-state index is 11.0. The Hall–Kier alpha value is -0.160. The Morgan fingerprint density at radius 1 is 1.67 bits per heavy atom. The van der Waals surface area contributed by atoms with Crippen LogP contribution in [0.5, 0.6) is 0 Å². The molecule has 5 heteroatoms. The summed E-state index contributed by atoms with van der Waals surface area (Å²) in [6.07, 6.45) is 0. The van der Waals surface area contributed by atoms with Crippen LogP contribution >= 0.6 is 0 Å². The van der Waals surface area contributed by atoms with Crippen molar-refractivity contribution < 1.29 is 12.3 Å². The predicted octanol–water partition coefficient (Wildman–Crippen LogP) is -0.580. The van der Waals surface area contributed by atoms with E-state index in [4.69, 9.17) is 0 Å². The fraction of sp³-hybridized carbons (Fsp3) is 1.00. The van der Waals surface area contributed by atoms with Gasteiger partial charge in [-0.3, -0.25) is 0 Å². The molecule has 0 saturated carbocycles. The third kappa shape index (κ3) is 3.84. The van der Waals surface area contributed by atoms with Gasteiger partial charge >= 0.3 is 10.4 Å². The molecule has 0 spiro atoms. The zero-order valence-corrected chi connectivity index (χ0v) is 3.92. The molecule has 0 rings (SSSR count). The number of nitrogens with one attached hydrogen (secondary N) is 1. The highest BCUT2D eigenvalue weighted by Gasteiger charge is 1.95. The summed E-state index contributed by atoms with van der Waals surface area (Å²) in [5, 5.41) is 0. The molecule has 0 amide bonds. The molecule has 0 aromatic carbocycles. The first-order chi connectivity index (χ1) is 2.56. The van der Waals surface area contributed by atoms with E-state index in [0.717, 1.165) is 7.05 Å². The van der Waals surface area contributed by atoms with Crippen LogP contribution in [0.1, 0.15) is 0 Å². The van der Waals surface area contributed by atoms with Gasteiger partial charge in [-0.2, -0.15) is 13.1 Å². The molecule has 0 aliphatic rings. The molecule has 6 heavy (non-hydrogen) atoms. The fourth-order valence-electron chi connectivity index (χ4n) is 0. The van der Waals surface area contributed by atoms with Gasteiger partial charge in [-0.05, 0) is 0 Å². The molecular formula is CH4FNO2S. The van der Waals surface area contributed by atoms with Gasteiger partial charge in [-0.1, -0.05) is 3.89 Å². The molecule has 0 aliphatic carbocycles. The Labute approximate surface area is 35.5 Å². The maximum atomic E-state index is 11.0. The molecule has 0 aromatic heterocycles. The molecule has 1 N–H and O–H groups in total. The second-order valence-electron chi connectivity index (χ2n) is 0.642. The van der Waals surface area contributed by atoms with Crippen molar-refractivity contribution in [1.82, 2.24) is 4.72 Å². The van der Waals surface area contributed by atoms with Crippen molar-refractivity contribution >= 4 is 10.4 Å². The lowest BCUT2D eigenvalue weighted by Crippen LogP contribution is -2.11. The van der Waals surface area contributed by atoms with Crippen LogP contribution in [0.2, 0.25) is 0 Å². The molecule has 0 atom stereocenters. The molecule has 0 bridgehead atoms. The second-order valence-corrected chi connectivity index (χ2v) is 1.93. The van der Waals surface area contributed by atoms with Crippen LogP contribution in [0.25, 0.3) is 0 Å². The molecule has 0 aromatic rings. The van der Waals surface area contributed by atoms with Crippen LogP contribution in [0.15, 0.2) is 0 Å². The summed E-state index contributed by atoms with van der Waals surface area (Å²) in [4.78, 5) is 0. The number of halogens is 1. The van der Waals surface area contributed by atoms with Crippen LogP contribution in [0, 0.1) is 0 Å². The Morgan fingerprint density at radius 3 is 1.83 bits per heavy atom. The summed E-state index contributed by atoms with van der Waals surface area (Å²) in [5.74, 6) is 0. The zero-order chi connectivity index (χ0) is 5.21. The van der Waals surface area contributed by atoms with Gasteiger partial charge in [0.15, 0.2) is 0 Å². The third-order valence-corrected chi connectivity index (χ3v) is 0.731. The summed E-state index contributed by atoms with van der Waals surface area (Å²) in [7, 11) is -3.42. The Morgan fingerprint density at radius 2 is 1.83 bits per heavy atom. The highest BCUT2D eigenvalue weighted by atomic mass is 32.3. The molecule has 0 aliphatic heterocycles. The Kier molecular flexibility index (Phi) is 1.48. The second kappa shape index (κ2) is 1.53. The summed E-state index contributed by atoms with van der Waals surface area (Å²) >= 11 is 0. The van der Waals surface area contributed by atoms with Crippen molar-refractivity contribution in [2.24, 2.45) is 0 Å². The SMILES string of the molecule is CNS(=O)(=O)F. The summed E-state index contributed by atoms with van der Waals surface area (Å²) < 4.78 is 30.8. The minimum absolute atomic E-state index is 0.995. The van der Waals surface area contributed by atoms with Crippen LogP contribution < -0.4 is 4.72 Å². The van der Waals surface area contributed by atoms with Crippen molar-refractivity contribution in [2.45, 2.75) is 0 Å². The molecule has 0 heterocycles. The quantitative estimate of drug-likeness (QED) is 0.462. The van der Waals surface area contributed by atoms with Crippen LogP contribution in [0.4, 0.5) is 3.89 Å². The van der Waals surface area contributed by atoms with Gasteiger partial charge in [0.05, 0.1) is 0 Å². The van der Waals surface area contributed by atoms with Crippen molar-refractivity contribution in [3.05, 3.63) is 0 Å². The Balaban J connectivity index is 3.85. The van der Waals surface area contributed by atoms with Crippen molar-refractivity contribution in [3.63, 3.8) is 0 Å². The smallest absolute Gasteiger partial charge is 0.191 e. The fourth-order valence-corrected chi connectivity index (χ4v) is 0. The van der Waals surface area contributed by atoms with E-state index in [0.29, 0.717) is 0 Å². The number of hydrogen-bond acceptors (Lipinski definition) is 2. The van der Waals surface area contributed by atoms with Gasteiger partial charge in [-0.25, -0.2) is 0 Å². The van der Waals surface area contributed by atoms with Crippen LogP contribution in [-0.4, -0.2) is 15.5 Å². The van der Waals surface area contributed by atoms with E-state index in [-0.39, 0.29) is 0 Å². The molecular weight excluding hydrogens is 109 g/mol. The lowest BCUT2D eigenvalue weighted by molar-refractivity contribution is 0.542. The van der Waals surface area contributed by atoms with Gasteiger partial charge in [0.2, 0.25) is 0 Å². The maximum Gasteiger partial charge on any atom is 0.371 e. The summed E-state index contributed by atoms with van der Waals surface area (Å²) in [6, 6.07) is 0. The largest absolute Gasteiger partial charge is 0.371 e. The van der Waals surface area contributed by atoms with E-state index >= 15 is 0 Å². The van der Waals surface area contributed by atoms with Gasteiger partial charge in [0, 0.05) is 7.05 Å². The molecule has 3 nitrogen and oxygen atoms in total. The minimum atomic E-state index is -4.41. The standard InChI is InChI=1S/CH4FNO2S/c1-3-6(2,4)5/h3H,1H3. The topological polar surface area (TPSA) is 46.2 Å². The summed E-state index contributed by atoms with van der Waals surface area (Å²) in [5.41, 5.74) is 0. The van der Waals surface area contributed by atoms with Crippen molar-refractivity contribution in [1.29, 1.82) is 0 Å². The predicted molar refractivity (Wildman–Crippen MR) is 19.1 cm³/mol. The van der Waals surface area contributed by atoms with E-state index in [1.54, 1.807) is 0 Å². The molecule has 0 unspecified atom stereocenters. The van der Waals surface area contributed by atoms with Crippen LogP contribution in [-0.2, 0) is 10.4 Å². The Bertz CT molecular complexity index is 116. The highest BCUT2D eigenvalue weighted by molar-refractivity contribution is 7.84. The van der Waals surface area contributed by atoms with Gasteiger partial charge in [-0.15, -0.1) is 0 Å². The monoisotopic (exact) mass is 113 g/mol. The average molecular weight is 113 g/mol. The zero-order valence-electron chi connectivity index (χ0n) is 3.10. The molecule has 38 valence electrons. The van der Waals surface area contributed by atoms with E-state index in [9.17, 15) is 12.3 Å². The molecule has 0 radical (unpaired) electrons. The lowest BCUT2D eigenvalue weighted by Gasteiger charge is -1.79. The lowest BCUT2D eigenvalue weighted by atomic mass is 11.6. The van der Waals surface area contributed by atoms with Crippen LogP contribution in [0.3, 0.4) is 0 Å². The van der Waals surface area contributed by atoms with E-state index in [1.807, 2.05) is 0 Å².